The van der Waals surface area contributed by atoms with Crippen molar-refractivity contribution in [3.63, 3.8) is 0 Å². The van der Waals surface area contributed by atoms with Crippen molar-refractivity contribution in [2.45, 2.75) is 25.3 Å². The lowest BCUT2D eigenvalue weighted by molar-refractivity contribution is 0.0594. The van der Waals surface area contributed by atoms with Crippen molar-refractivity contribution in [3.05, 3.63) is 52.5 Å². The van der Waals surface area contributed by atoms with Gasteiger partial charge in [0.1, 0.15) is 22.0 Å². The van der Waals surface area contributed by atoms with Crippen molar-refractivity contribution in [2.75, 3.05) is 7.11 Å². The number of hydrogen-bond donors (Lipinski definition) is 2. The van der Waals surface area contributed by atoms with E-state index >= 15 is 0 Å². The maximum Gasteiger partial charge on any atom is 0.342 e. The molecule has 0 saturated carbocycles. The van der Waals surface area contributed by atoms with E-state index in [1.807, 2.05) is 0 Å². The predicted octanol–water partition coefficient (Wildman–Crippen LogP) is 1.86. The molecule has 0 atom stereocenters. The molecule has 0 fully saturated rings. The first-order valence-corrected chi connectivity index (χ1v) is 8.66. The Morgan fingerprint density at radius 3 is 2.28 bits per heavy atom. The molecule has 0 unspecified atom stereocenters. The molecular formula is C16H17NO7S. The van der Waals surface area contributed by atoms with Crippen LogP contribution in [0.5, 0.6) is 0 Å². The average Bonchev–Trinajstić information content (AvgIpc) is 2.87. The summed E-state index contributed by atoms with van der Waals surface area (Å²) >= 11 is 0. The van der Waals surface area contributed by atoms with E-state index in [2.05, 4.69) is 9.46 Å². The Morgan fingerprint density at radius 1 is 1.16 bits per heavy atom. The number of benzene rings is 1. The molecule has 1 aromatic heterocycles. The van der Waals surface area contributed by atoms with E-state index in [0.29, 0.717) is 5.56 Å². The molecule has 0 radical (unpaired) electrons. The molecule has 0 bridgehead atoms. The molecule has 0 aliphatic heterocycles. The summed E-state index contributed by atoms with van der Waals surface area (Å²) in [5.74, 6) is -1.65. The second-order valence-electron chi connectivity index (χ2n) is 5.24. The molecular weight excluding hydrogens is 350 g/mol. The molecule has 2 rings (SSSR count). The van der Waals surface area contributed by atoms with Gasteiger partial charge in [0.25, 0.3) is 0 Å². The summed E-state index contributed by atoms with van der Waals surface area (Å²) in [6, 6.07) is 5.75. The van der Waals surface area contributed by atoms with Gasteiger partial charge in [-0.3, -0.25) is 0 Å². The van der Waals surface area contributed by atoms with E-state index in [1.54, 1.807) is 0 Å². The summed E-state index contributed by atoms with van der Waals surface area (Å²) in [5, 5.41) is 8.86. The molecule has 25 heavy (non-hydrogen) atoms. The van der Waals surface area contributed by atoms with Crippen LogP contribution in [0.1, 0.15) is 37.8 Å². The van der Waals surface area contributed by atoms with Gasteiger partial charge in [-0.1, -0.05) is 12.1 Å². The van der Waals surface area contributed by atoms with E-state index in [4.69, 9.17) is 9.52 Å². The number of sulfonamides is 1. The minimum Gasteiger partial charge on any atom is -0.478 e. The van der Waals surface area contributed by atoms with E-state index in [-0.39, 0.29) is 34.1 Å². The molecule has 0 amide bonds. The number of carbonyl (C=O) groups excluding carboxylic acids is 1. The Morgan fingerprint density at radius 2 is 1.76 bits per heavy atom. The summed E-state index contributed by atoms with van der Waals surface area (Å²) < 4.78 is 37.4. The minimum absolute atomic E-state index is 0.0756. The van der Waals surface area contributed by atoms with Crippen LogP contribution in [-0.2, 0) is 21.3 Å². The topological polar surface area (TPSA) is 123 Å². The van der Waals surface area contributed by atoms with Crippen LogP contribution < -0.4 is 4.72 Å². The van der Waals surface area contributed by atoms with Crippen molar-refractivity contribution in [1.82, 2.24) is 4.72 Å². The summed E-state index contributed by atoms with van der Waals surface area (Å²) in [6.07, 6.45) is 0. The Bertz CT molecular complexity index is 911. The molecule has 9 heteroatoms. The van der Waals surface area contributed by atoms with Gasteiger partial charge in [-0.05, 0) is 31.5 Å². The number of aromatic carboxylic acids is 1. The summed E-state index contributed by atoms with van der Waals surface area (Å²) in [7, 11) is -2.89. The van der Waals surface area contributed by atoms with E-state index in [9.17, 15) is 18.0 Å². The minimum atomic E-state index is -4.04. The maximum absolute atomic E-state index is 12.6. The fourth-order valence-corrected chi connectivity index (χ4v) is 3.76. The molecule has 1 aromatic carbocycles. The third-order valence-electron chi connectivity index (χ3n) is 3.53. The van der Waals surface area contributed by atoms with Crippen LogP contribution in [0.2, 0.25) is 0 Å². The van der Waals surface area contributed by atoms with Crippen LogP contribution in [-0.4, -0.2) is 32.6 Å². The zero-order valence-electron chi connectivity index (χ0n) is 13.8. The molecule has 134 valence electrons. The average molecular weight is 367 g/mol. The van der Waals surface area contributed by atoms with Crippen LogP contribution in [0.3, 0.4) is 0 Å². The van der Waals surface area contributed by atoms with Gasteiger partial charge in [-0.2, -0.15) is 0 Å². The van der Waals surface area contributed by atoms with Gasteiger partial charge >= 0.3 is 11.9 Å². The molecule has 8 nitrogen and oxygen atoms in total. The van der Waals surface area contributed by atoms with Crippen LogP contribution in [0.25, 0.3) is 0 Å². The van der Waals surface area contributed by atoms with Gasteiger partial charge in [0.2, 0.25) is 10.0 Å². The fourth-order valence-electron chi connectivity index (χ4n) is 2.34. The lowest BCUT2D eigenvalue weighted by Gasteiger charge is -2.08. The highest BCUT2D eigenvalue weighted by atomic mass is 32.2. The quantitative estimate of drug-likeness (QED) is 0.747. The lowest BCUT2D eigenvalue weighted by Crippen LogP contribution is -2.25. The second kappa shape index (κ2) is 7.08. The Kier molecular flexibility index (Phi) is 5.29. The number of ether oxygens (including phenoxy) is 1. The smallest absolute Gasteiger partial charge is 0.342 e. The highest BCUT2D eigenvalue weighted by molar-refractivity contribution is 7.89. The Balaban J connectivity index is 2.28. The monoisotopic (exact) mass is 367 g/mol. The number of methoxy groups -OCH3 is 1. The third-order valence-corrected chi connectivity index (χ3v) is 5.08. The maximum atomic E-state index is 12.6. The van der Waals surface area contributed by atoms with E-state index in [0.717, 1.165) is 7.11 Å². The van der Waals surface area contributed by atoms with Gasteiger partial charge in [0.15, 0.2) is 0 Å². The number of esters is 1. The SMILES string of the molecule is COC(=O)c1c(C)oc(C)c1S(=O)(=O)NCc1ccc(C(=O)O)cc1. The van der Waals surface area contributed by atoms with Crippen LogP contribution in [0.15, 0.2) is 33.6 Å². The van der Waals surface area contributed by atoms with Crippen LogP contribution in [0, 0.1) is 13.8 Å². The van der Waals surface area contributed by atoms with Crippen molar-refractivity contribution >= 4 is 22.0 Å². The van der Waals surface area contributed by atoms with E-state index in [1.165, 1.54) is 38.1 Å². The number of nitrogens with one attached hydrogen (secondary N) is 1. The van der Waals surface area contributed by atoms with E-state index < -0.39 is 22.0 Å². The highest BCUT2D eigenvalue weighted by Crippen LogP contribution is 2.27. The summed E-state index contributed by atoms with van der Waals surface area (Å²) in [5.41, 5.74) is 0.515. The summed E-state index contributed by atoms with van der Waals surface area (Å²) in [4.78, 5) is 22.4. The van der Waals surface area contributed by atoms with Crippen molar-refractivity contribution in [1.29, 1.82) is 0 Å². The molecule has 0 aliphatic rings. The standard InChI is InChI=1S/C16H17NO7S/c1-9-13(16(20)23-3)14(10(2)24-9)25(21,22)17-8-11-4-6-12(7-5-11)15(18)19/h4-7,17H,8H2,1-3H3,(H,18,19). The molecule has 0 saturated heterocycles. The number of furan rings is 1. The largest absolute Gasteiger partial charge is 0.478 e. The lowest BCUT2D eigenvalue weighted by atomic mass is 10.1. The highest BCUT2D eigenvalue weighted by Gasteiger charge is 2.31. The zero-order chi connectivity index (χ0) is 18.8. The first kappa shape index (κ1) is 18.7. The number of carbonyl (C=O) groups is 2. The van der Waals surface area contributed by atoms with Gasteiger partial charge in [-0.15, -0.1) is 0 Å². The fraction of sp³-hybridized carbons (Fsp3) is 0.250. The first-order valence-electron chi connectivity index (χ1n) is 7.17. The zero-order valence-corrected chi connectivity index (χ0v) is 14.6. The second-order valence-corrected chi connectivity index (χ2v) is 6.94. The number of carboxylic acid groups (broad SMARTS) is 1. The number of aryl methyl sites for hydroxylation is 2. The molecule has 0 aliphatic carbocycles. The van der Waals surface area contributed by atoms with Gasteiger partial charge in [0, 0.05) is 6.54 Å². The van der Waals surface area contributed by atoms with Gasteiger partial charge in [0.05, 0.1) is 12.7 Å². The number of carboxylic acids is 1. The van der Waals surface area contributed by atoms with Gasteiger partial charge in [-0.25, -0.2) is 22.7 Å². The molecule has 2 N–H and O–H groups in total. The summed E-state index contributed by atoms with van der Waals surface area (Å²) in [6.45, 7) is 2.84. The third kappa shape index (κ3) is 3.89. The molecule has 2 aromatic rings. The Labute approximate surface area is 144 Å². The first-order chi connectivity index (χ1) is 11.7. The Hall–Kier alpha value is -2.65. The van der Waals surface area contributed by atoms with Crippen LogP contribution in [0.4, 0.5) is 0 Å². The number of hydrogen-bond acceptors (Lipinski definition) is 6. The van der Waals surface area contributed by atoms with Gasteiger partial charge < -0.3 is 14.3 Å². The normalized spacial score (nSPS) is 11.3. The number of rotatable bonds is 6. The van der Waals surface area contributed by atoms with Crippen molar-refractivity contribution < 1.29 is 32.3 Å². The molecule has 1 heterocycles. The predicted molar refractivity (Wildman–Crippen MR) is 86.9 cm³/mol. The van der Waals surface area contributed by atoms with Crippen LogP contribution >= 0.6 is 0 Å². The van der Waals surface area contributed by atoms with Crippen molar-refractivity contribution in [2.24, 2.45) is 0 Å². The molecule has 0 spiro atoms. The van der Waals surface area contributed by atoms with Crippen molar-refractivity contribution in [3.8, 4) is 0 Å².